The van der Waals surface area contributed by atoms with Gasteiger partial charge in [0.15, 0.2) is 0 Å². The Morgan fingerprint density at radius 3 is 2.85 bits per heavy atom. The maximum absolute atomic E-state index is 11.8. The summed E-state index contributed by atoms with van der Waals surface area (Å²) >= 11 is 0. The number of aliphatic hydroxyl groups excluding tert-OH is 1. The third-order valence-electron chi connectivity index (χ3n) is 4.53. The first-order valence-electron chi connectivity index (χ1n) is 5.44. The molecule has 13 heavy (non-hydrogen) atoms. The van der Waals surface area contributed by atoms with E-state index in [1.165, 1.54) is 6.42 Å². The van der Waals surface area contributed by atoms with E-state index < -0.39 is 0 Å². The van der Waals surface area contributed by atoms with E-state index in [1.807, 2.05) is 0 Å². The first kappa shape index (κ1) is 7.98. The molecule has 4 saturated carbocycles. The van der Waals surface area contributed by atoms with Gasteiger partial charge in [-0.05, 0) is 43.4 Å². The van der Waals surface area contributed by atoms with E-state index in [9.17, 15) is 9.90 Å². The van der Waals surface area contributed by atoms with Gasteiger partial charge in [-0.2, -0.15) is 0 Å². The Hall–Kier alpha value is -0.370. The summed E-state index contributed by atoms with van der Waals surface area (Å²) in [6.45, 7) is 0.237. The highest BCUT2D eigenvalue weighted by molar-refractivity contribution is 5.85. The fourth-order valence-corrected chi connectivity index (χ4v) is 4.03. The summed E-state index contributed by atoms with van der Waals surface area (Å²) in [6, 6.07) is 0. The van der Waals surface area contributed by atoms with Gasteiger partial charge in [0.1, 0.15) is 5.78 Å². The van der Waals surface area contributed by atoms with Gasteiger partial charge in [0.25, 0.3) is 0 Å². The van der Waals surface area contributed by atoms with Crippen LogP contribution in [-0.4, -0.2) is 17.5 Å². The molecule has 0 heterocycles. The Morgan fingerprint density at radius 1 is 1.23 bits per heavy atom. The molecule has 72 valence electrons. The summed E-state index contributed by atoms with van der Waals surface area (Å²) in [6.07, 6.45) is 4.60. The fraction of sp³-hybridized carbons (Fsp3) is 0.909. The molecule has 0 aliphatic heterocycles. The Morgan fingerprint density at radius 2 is 2.08 bits per heavy atom. The molecule has 0 aromatic rings. The van der Waals surface area contributed by atoms with Crippen molar-refractivity contribution in [2.45, 2.75) is 25.7 Å². The highest BCUT2D eigenvalue weighted by atomic mass is 16.3. The van der Waals surface area contributed by atoms with Gasteiger partial charge < -0.3 is 5.11 Å². The van der Waals surface area contributed by atoms with E-state index >= 15 is 0 Å². The lowest BCUT2D eigenvalue weighted by atomic mass is 9.51. The Bertz CT molecular complexity index is 248. The van der Waals surface area contributed by atoms with Crippen molar-refractivity contribution < 1.29 is 9.90 Å². The van der Waals surface area contributed by atoms with E-state index in [0.717, 1.165) is 25.2 Å². The van der Waals surface area contributed by atoms with Crippen molar-refractivity contribution in [3.8, 4) is 0 Å². The molecule has 0 spiro atoms. The number of hydrogen-bond acceptors (Lipinski definition) is 2. The number of hydrogen-bond donors (Lipinski definition) is 1. The topological polar surface area (TPSA) is 37.3 Å². The standard InChI is InChI=1S/C11H16O2/c12-5-10-7-1-6-2-8(4-7)11(13)9(10)3-6/h6-10,12H,1-5H2/t6-,7-,8-,9+,10-/m1/s1. The minimum absolute atomic E-state index is 0.237. The molecule has 0 radical (unpaired) electrons. The third-order valence-corrected chi connectivity index (χ3v) is 4.53. The van der Waals surface area contributed by atoms with Crippen LogP contribution in [0.4, 0.5) is 0 Å². The maximum Gasteiger partial charge on any atom is 0.139 e. The lowest BCUT2D eigenvalue weighted by Gasteiger charge is -2.52. The number of Topliss-reactive ketones (excluding diaryl/α,β-unsaturated/α-hetero) is 1. The van der Waals surface area contributed by atoms with Gasteiger partial charge in [-0.1, -0.05) is 0 Å². The van der Waals surface area contributed by atoms with Crippen LogP contribution in [-0.2, 0) is 4.79 Å². The predicted octanol–water partition coefficient (Wildman–Crippen LogP) is 1.23. The van der Waals surface area contributed by atoms with Crippen molar-refractivity contribution in [2.24, 2.45) is 29.6 Å². The van der Waals surface area contributed by atoms with E-state index in [4.69, 9.17) is 0 Å². The summed E-state index contributed by atoms with van der Waals surface area (Å²) < 4.78 is 0. The molecule has 0 aromatic heterocycles. The van der Waals surface area contributed by atoms with Crippen molar-refractivity contribution >= 4 is 5.78 Å². The number of aliphatic hydroxyl groups is 1. The van der Waals surface area contributed by atoms with E-state index in [0.29, 0.717) is 23.5 Å². The van der Waals surface area contributed by atoms with Crippen LogP contribution in [0.2, 0.25) is 0 Å². The van der Waals surface area contributed by atoms with Crippen LogP contribution in [0.1, 0.15) is 25.7 Å². The molecule has 0 unspecified atom stereocenters. The van der Waals surface area contributed by atoms with E-state index in [2.05, 4.69) is 0 Å². The zero-order valence-electron chi connectivity index (χ0n) is 7.78. The van der Waals surface area contributed by atoms with E-state index in [-0.39, 0.29) is 12.5 Å². The van der Waals surface area contributed by atoms with Crippen molar-refractivity contribution in [3.05, 3.63) is 0 Å². The van der Waals surface area contributed by atoms with Gasteiger partial charge in [-0.15, -0.1) is 0 Å². The van der Waals surface area contributed by atoms with Crippen LogP contribution in [0.25, 0.3) is 0 Å². The van der Waals surface area contributed by atoms with Gasteiger partial charge in [-0.25, -0.2) is 0 Å². The number of carbonyl (C=O) groups excluding carboxylic acids is 1. The Labute approximate surface area is 78.3 Å². The molecular weight excluding hydrogens is 164 g/mol. The van der Waals surface area contributed by atoms with Crippen LogP contribution >= 0.6 is 0 Å². The molecule has 5 atom stereocenters. The number of ketones is 1. The monoisotopic (exact) mass is 180 g/mol. The van der Waals surface area contributed by atoms with Crippen LogP contribution in [0, 0.1) is 29.6 Å². The van der Waals surface area contributed by atoms with Crippen molar-refractivity contribution in [1.82, 2.24) is 0 Å². The molecule has 0 aromatic carbocycles. The number of carbonyl (C=O) groups is 1. The fourth-order valence-electron chi connectivity index (χ4n) is 4.03. The lowest BCUT2D eigenvalue weighted by molar-refractivity contribution is -0.148. The molecule has 4 fully saturated rings. The molecule has 0 amide bonds. The minimum atomic E-state index is 0.237. The van der Waals surface area contributed by atoms with Crippen LogP contribution < -0.4 is 0 Å². The van der Waals surface area contributed by atoms with Crippen LogP contribution in [0.3, 0.4) is 0 Å². The SMILES string of the molecule is O=C1[C@@H]2C[C@H]3C[C@H](C2)[C@@H](CO)[C@@H]1C3. The molecule has 2 heteroatoms. The summed E-state index contributed by atoms with van der Waals surface area (Å²) in [5, 5.41) is 9.26. The van der Waals surface area contributed by atoms with E-state index in [1.54, 1.807) is 0 Å². The zero-order chi connectivity index (χ0) is 9.00. The highest BCUT2D eigenvalue weighted by Gasteiger charge is 2.52. The first-order chi connectivity index (χ1) is 6.29. The predicted molar refractivity (Wildman–Crippen MR) is 48.0 cm³/mol. The molecule has 1 N–H and O–H groups in total. The average Bonchev–Trinajstić information content (AvgIpc) is 2.13. The summed E-state index contributed by atoms with van der Waals surface area (Å²) in [4.78, 5) is 11.8. The highest BCUT2D eigenvalue weighted by Crippen LogP contribution is 2.54. The quantitative estimate of drug-likeness (QED) is 0.659. The maximum atomic E-state index is 11.8. The summed E-state index contributed by atoms with van der Waals surface area (Å²) in [7, 11) is 0. The normalized spacial score (nSPS) is 53.0. The van der Waals surface area contributed by atoms with Gasteiger partial charge in [0.05, 0.1) is 0 Å². The van der Waals surface area contributed by atoms with Crippen molar-refractivity contribution in [1.29, 1.82) is 0 Å². The first-order valence-corrected chi connectivity index (χ1v) is 5.44. The summed E-state index contributed by atoms with van der Waals surface area (Å²) in [5.74, 6) is 2.90. The average molecular weight is 180 g/mol. The molecule has 4 aliphatic rings. The molecule has 4 aliphatic carbocycles. The van der Waals surface area contributed by atoms with Gasteiger partial charge in [0, 0.05) is 18.4 Å². The Balaban J connectivity index is 1.94. The van der Waals surface area contributed by atoms with Gasteiger partial charge >= 0.3 is 0 Å². The van der Waals surface area contributed by atoms with Crippen LogP contribution in [0.5, 0.6) is 0 Å². The Kier molecular flexibility index (Phi) is 1.58. The summed E-state index contributed by atoms with van der Waals surface area (Å²) in [5.41, 5.74) is 0. The molecule has 2 nitrogen and oxygen atoms in total. The molecule has 4 bridgehead atoms. The van der Waals surface area contributed by atoms with Gasteiger partial charge in [0.2, 0.25) is 0 Å². The second-order valence-corrected chi connectivity index (χ2v) is 5.12. The molecular formula is C11H16O2. The van der Waals surface area contributed by atoms with Crippen LogP contribution in [0.15, 0.2) is 0 Å². The second-order valence-electron chi connectivity index (χ2n) is 5.12. The third kappa shape index (κ3) is 0.954. The zero-order valence-corrected chi connectivity index (χ0v) is 7.78. The molecule has 0 saturated heterocycles. The molecule has 4 rings (SSSR count). The van der Waals surface area contributed by atoms with Crippen molar-refractivity contribution in [3.63, 3.8) is 0 Å². The smallest absolute Gasteiger partial charge is 0.139 e. The minimum Gasteiger partial charge on any atom is -0.396 e. The second kappa shape index (κ2) is 2.57. The number of rotatable bonds is 1. The van der Waals surface area contributed by atoms with Crippen molar-refractivity contribution in [2.75, 3.05) is 6.61 Å². The lowest BCUT2D eigenvalue weighted by Crippen LogP contribution is -2.52. The largest absolute Gasteiger partial charge is 0.396 e. The van der Waals surface area contributed by atoms with Gasteiger partial charge in [-0.3, -0.25) is 4.79 Å².